The first-order valence-electron chi connectivity index (χ1n) is 8.20. The van der Waals surface area contributed by atoms with Crippen LogP contribution in [0.15, 0.2) is 46.9 Å². The first-order chi connectivity index (χ1) is 12.6. The van der Waals surface area contributed by atoms with Crippen molar-refractivity contribution in [1.29, 1.82) is 0 Å². The number of carbonyl (C=O) groups excluding carboxylic acids is 2. The van der Waals surface area contributed by atoms with Gasteiger partial charge in [0.25, 0.3) is 5.91 Å². The Balaban J connectivity index is 1.84. The number of anilines is 2. The van der Waals surface area contributed by atoms with Gasteiger partial charge in [-0.05, 0) is 42.5 Å². The Morgan fingerprint density at radius 2 is 1.81 bits per heavy atom. The second kappa shape index (κ2) is 8.33. The molecule has 3 rings (SSSR count). The maximum absolute atomic E-state index is 12.4. The summed E-state index contributed by atoms with van der Waals surface area (Å²) in [6.07, 6.45) is 0. The summed E-state index contributed by atoms with van der Waals surface area (Å²) >= 11 is 3.34. The van der Waals surface area contributed by atoms with Gasteiger partial charge in [0.1, 0.15) is 0 Å². The lowest BCUT2D eigenvalue weighted by Crippen LogP contribution is -2.37. The van der Waals surface area contributed by atoms with Gasteiger partial charge in [0, 0.05) is 28.8 Å². The summed E-state index contributed by atoms with van der Waals surface area (Å²) in [5, 5.41) is 2.82. The van der Waals surface area contributed by atoms with Crippen LogP contribution in [-0.2, 0) is 9.47 Å². The minimum absolute atomic E-state index is 0.243. The molecule has 7 heteroatoms. The SMILES string of the molecule is COC(=O)c1cc(NC(=O)c2ccc(Br)cc2)ccc1N1CCOCC1. The standard InChI is InChI=1S/C19H19BrN2O4/c1-25-19(24)16-12-15(6-7-17(16)22-8-10-26-11-9-22)21-18(23)13-2-4-14(20)5-3-13/h2-7,12H,8-11H2,1H3,(H,21,23). The van der Waals surface area contributed by atoms with E-state index in [-0.39, 0.29) is 5.91 Å². The van der Waals surface area contributed by atoms with Crippen molar-refractivity contribution >= 4 is 39.2 Å². The molecule has 1 fully saturated rings. The topological polar surface area (TPSA) is 67.9 Å². The molecule has 0 aromatic heterocycles. The quantitative estimate of drug-likeness (QED) is 0.771. The largest absolute Gasteiger partial charge is 0.465 e. The van der Waals surface area contributed by atoms with E-state index >= 15 is 0 Å². The van der Waals surface area contributed by atoms with Gasteiger partial charge in [0.05, 0.1) is 31.6 Å². The van der Waals surface area contributed by atoms with E-state index in [0.717, 1.165) is 10.2 Å². The summed E-state index contributed by atoms with van der Waals surface area (Å²) < 4.78 is 11.2. The van der Waals surface area contributed by atoms with Gasteiger partial charge in [0.15, 0.2) is 0 Å². The van der Waals surface area contributed by atoms with Crippen LogP contribution in [0.5, 0.6) is 0 Å². The van der Waals surface area contributed by atoms with E-state index in [1.165, 1.54) is 7.11 Å². The van der Waals surface area contributed by atoms with Crippen LogP contribution in [-0.4, -0.2) is 45.3 Å². The minimum atomic E-state index is -0.439. The van der Waals surface area contributed by atoms with Gasteiger partial charge in [-0.15, -0.1) is 0 Å². The lowest BCUT2D eigenvalue weighted by Gasteiger charge is -2.30. The van der Waals surface area contributed by atoms with Crippen molar-refractivity contribution in [3.05, 3.63) is 58.1 Å². The number of benzene rings is 2. The fraction of sp³-hybridized carbons (Fsp3) is 0.263. The molecule has 1 saturated heterocycles. The predicted octanol–water partition coefficient (Wildman–Crippen LogP) is 3.32. The van der Waals surface area contributed by atoms with Crippen molar-refractivity contribution in [2.24, 2.45) is 0 Å². The number of methoxy groups -OCH3 is 1. The third-order valence-electron chi connectivity index (χ3n) is 4.12. The number of nitrogens with zero attached hydrogens (tertiary/aromatic N) is 1. The first kappa shape index (κ1) is 18.4. The molecule has 1 heterocycles. The highest BCUT2D eigenvalue weighted by molar-refractivity contribution is 9.10. The molecule has 1 amide bonds. The lowest BCUT2D eigenvalue weighted by molar-refractivity contribution is 0.0600. The second-order valence-electron chi connectivity index (χ2n) is 5.78. The molecular weight excluding hydrogens is 400 g/mol. The van der Waals surface area contributed by atoms with Gasteiger partial charge in [-0.3, -0.25) is 4.79 Å². The fourth-order valence-electron chi connectivity index (χ4n) is 2.77. The summed E-state index contributed by atoms with van der Waals surface area (Å²) in [5.41, 5.74) is 2.27. The molecule has 1 N–H and O–H groups in total. The fourth-order valence-corrected chi connectivity index (χ4v) is 3.04. The van der Waals surface area contributed by atoms with E-state index in [0.29, 0.717) is 43.1 Å². The maximum Gasteiger partial charge on any atom is 0.340 e. The van der Waals surface area contributed by atoms with E-state index in [2.05, 4.69) is 26.1 Å². The van der Waals surface area contributed by atoms with Crippen molar-refractivity contribution in [3.8, 4) is 0 Å². The van der Waals surface area contributed by atoms with Crippen LogP contribution in [0, 0.1) is 0 Å². The molecule has 0 atom stereocenters. The number of carbonyl (C=O) groups is 2. The van der Waals surface area contributed by atoms with Gasteiger partial charge in [-0.25, -0.2) is 4.79 Å². The zero-order valence-corrected chi connectivity index (χ0v) is 15.9. The van der Waals surface area contributed by atoms with Crippen LogP contribution >= 0.6 is 15.9 Å². The van der Waals surface area contributed by atoms with Crippen LogP contribution in [0.4, 0.5) is 11.4 Å². The highest BCUT2D eigenvalue weighted by atomic mass is 79.9. The average Bonchev–Trinajstić information content (AvgIpc) is 2.68. The average molecular weight is 419 g/mol. The number of halogens is 1. The summed E-state index contributed by atoms with van der Waals surface area (Å²) in [6, 6.07) is 12.3. The van der Waals surface area contributed by atoms with E-state index in [4.69, 9.17) is 9.47 Å². The Morgan fingerprint density at radius 1 is 1.12 bits per heavy atom. The molecule has 0 bridgehead atoms. The van der Waals surface area contributed by atoms with Gasteiger partial charge in [-0.1, -0.05) is 15.9 Å². The highest BCUT2D eigenvalue weighted by Gasteiger charge is 2.20. The number of amides is 1. The highest BCUT2D eigenvalue weighted by Crippen LogP contribution is 2.26. The van der Waals surface area contributed by atoms with Crippen molar-refractivity contribution in [2.45, 2.75) is 0 Å². The molecule has 136 valence electrons. The van der Waals surface area contributed by atoms with Crippen LogP contribution < -0.4 is 10.2 Å². The molecule has 2 aromatic rings. The third-order valence-corrected chi connectivity index (χ3v) is 4.65. The van der Waals surface area contributed by atoms with Gasteiger partial charge in [-0.2, -0.15) is 0 Å². The Labute approximate surface area is 160 Å². The zero-order chi connectivity index (χ0) is 18.5. The van der Waals surface area contributed by atoms with Gasteiger partial charge in [0.2, 0.25) is 0 Å². The summed E-state index contributed by atoms with van der Waals surface area (Å²) in [5.74, 6) is -0.682. The Hall–Kier alpha value is -2.38. The smallest absolute Gasteiger partial charge is 0.340 e. The molecular formula is C19H19BrN2O4. The number of rotatable bonds is 4. The predicted molar refractivity (Wildman–Crippen MR) is 103 cm³/mol. The molecule has 0 spiro atoms. The summed E-state index contributed by atoms with van der Waals surface area (Å²) in [6.45, 7) is 2.63. The summed E-state index contributed by atoms with van der Waals surface area (Å²) in [7, 11) is 1.35. The van der Waals surface area contributed by atoms with Gasteiger partial charge >= 0.3 is 5.97 Å². The lowest BCUT2D eigenvalue weighted by atomic mass is 10.1. The van der Waals surface area contributed by atoms with Crippen molar-refractivity contribution in [3.63, 3.8) is 0 Å². The molecule has 1 aliphatic heterocycles. The summed E-state index contributed by atoms with van der Waals surface area (Å²) in [4.78, 5) is 26.7. The maximum atomic E-state index is 12.4. The molecule has 0 unspecified atom stereocenters. The van der Waals surface area contributed by atoms with E-state index < -0.39 is 5.97 Å². The first-order valence-corrected chi connectivity index (χ1v) is 9.00. The van der Waals surface area contributed by atoms with Crippen LogP contribution in [0.25, 0.3) is 0 Å². The zero-order valence-electron chi connectivity index (χ0n) is 14.3. The van der Waals surface area contributed by atoms with E-state index in [1.807, 2.05) is 6.07 Å². The number of nitrogens with one attached hydrogen (secondary N) is 1. The third kappa shape index (κ3) is 4.23. The van der Waals surface area contributed by atoms with Crippen molar-refractivity contribution < 1.29 is 19.1 Å². The molecule has 0 saturated carbocycles. The molecule has 6 nitrogen and oxygen atoms in total. The number of morpholine rings is 1. The van der Waals surface area contributed by atoms with E-state index in [9.17, 15) is 9.59 Å². The van der Waals surface area contributed by atoms with Crippen LogP contribution in [0.3, 0.4) is 0 Å². The van der Waals surface area contributed by atoms with Crippen molar-refractivity contribution in [2.75, 3.05) is 43.6 Å². The molecule has 0 aliphatic carbocycles. The number of ether oxygens (including phenoxy) is 2. The van der Waals surface area contributed by atoms with Crippen molar-refractivity contribution in [1.82, 2.24) is 0 Å². The number of esters is 1. The normalized spacial score (nSPS) is 14.0. The molecule has 2 aromatic carbocycles. The molecule has 0 radical (unpaired) electrons. The Kier molecular flexibility index (Phi) is 5.90. The van der Waals surface area contributed by atoms with E-state index in [1.54, 1.807) is 36.4 Å². The molecule has 1 aliphatic rings. The van der Waals surface area contributed by atoms with Crippen LogP contribution in [0.2, 0.25) is 0 Å². The Morgan fingerprint density at radius 3 is 2.46 bits per heavy atom. The second-order valence-corrected chi connectivity index (χ2v) is 6.70. The van der Waals surface area contributed by atoms with Gasteiger partial charge < -0.3 is 19.7 Å². The van der Waals surface area contributed by atoms with Crippen LogP contribution in [0.1, 0.15) is 20.7 Å². The molecule has 26 heavy (non-hydrogen) atoms. The Bertz CT molecular complexity index is 802. The minimum Gasteiger partial charge on any atom is -0.465 e. The number of hydrogen-bond acceptors (Lipinski definition) is 5. The number of hydrogen-bond donors (Lipinski definition) is 1. The monoisotopic (exact) mass is 418 g/mol.